The topological polar surface area (TPSA) is 30.9 Å². The van der Waals surface area contributed by atoms with Gasteiger partial charge in [-0.15, -0.1) is 11.3 Å². The van der Waals surface area contributed by atoms with Crippen molar-refractivity contribution in [2.45, 2.75) is 20.4 Å². The van der Waals surface area contributed by atoms with Gasteiger partial charge in [0, 0.05) is 46.2 Å². The first-order valence-electron chi connectivity index (χ1n) is 6.46. The molecule has 0 amide bonds. The van der Waals surface area contributed by atoms with E-state index in [1.54, 1.807) is 11.3 Å². The monoisotopic (exact) mass is 270 g/mol. The van der Waals surface area contributed by atoms with Crippen LogP contribution in [-0.4, -0.2) is 4.57 Å². The number of hydrogen-bond donors (Lipinski definition) is 1. The SMILES string of the molecule is Cc1scc(CN)c1-c1c(C)n(C)c2ccccc12. The first kappa shape index (κ1) is 12.5. The Morgan fingerprint density at radius 2 is 1.89 bits per heavy atom. The molecule has 19 heavy (non-hydrogen) atoms. The molecule has 3 aromatic rings. The molecular weight excluding hydrogens is 252 g/mol. The summed E-state index contributed by atoms with van der Waals surface area (Å²) in [4.78, 5) is 1.35. The van der Waals surface area contributed by atoms with E-state index in [0.29, 0.717) is 6.54 Å². The second-order valence-electron chi connectivity index (χ2n) is 4.93. The van der Waals surface area contributed by atoms with E-state index in [9.17, 15) is 0 Å². The number of hydrogen-bond acceptors (Lipinski definition) is 2. The first-order valence-corrected chi connectivity index (χ1v) is 7.34. The summed E-state index contributed by atoms with van der Waals surface area (Å²) in [6, 6.07) is 8.58. The zero-order valence-corrected chi connectivity index (χ0v) is 12.3. The molecule has 0 unspecified atom stereocenters. The number of para-hydroxylation sites is 1. The number of nitrogens with zero attached hydrogens (tertiary/aromatic N) is 1. The molecular formula is C16H18N2S. The molecule has 3 rings (SSSR count). The summed E-state index contributed by atoms with van der Waals surface area (Å²) < 4.78 is 2.27. The minimum absolute atomic E-state index is 0.600. The fraction of sp³-hybridized carbons (Fsp3) is 0.250. The number of rotatable bonds is 2. The van der Waals surface area contributed by atoms with E-state index in [-0.39, 0.29) is 0 Å². The number of aryl methyl sites for hydroxylation is 2. The van der Waals surface area contributed by atoms with E-state index in [4.69, 9.17) is 5.73 Å². The zero-order chi connectivity index (χ0) is 13.6. The normalized spacial score (nSPS) is 11.4. The molecule has 2 nitrogen and oxygen atoms in total. The van der Waals surface area contributed by atoms with Crippen LogP contribution in [0, 0.1) is 13.8 Å². The Kier molecular flexibility index (Phi) is 2.96. The third kappa shape index (κ3) is 1.73. The van der Waals surface area contributed by atoms with Crippen molar-refractivity contribution in [3.05, 3.63) is 45.8 Å². The van der Waals surface area contributed by atoms with Crippen LogP contribution in [0.2, 0.25) is 0 Å². The van der Waals surface area contributed by atoms with Crippen molar-refractivity contribution < 1.29 is 0 Å². The molecule has 0 saturated heterocycles. The molecule has 2 heterocycles. The number of fused-ring (bicyclic) bond motifs is 1. The maximum Gasteiger partial charge on any atom is 0.0486 e. The van der Waals surface area contributed by atoms with Crippen molar-refractivity contribution in [1.29, 1.82) is 0 Å². The van der Waals surface area contributed by atoms with Gasteiger partial charge in [0.2, 0.25) is 0 Å². The standard InChI is InChI=1S/C16H18N2S/c1-10-15(16-11(2)19-9-12(16)8-17)13-6-4-5-7-14(13)18(10)3/h4-7,9H,8,17H2,1-3H3. The largest absolute Gasteiger partial charge is 0.347 e. The van der Waals surface area contributed by atoms with E-state index >= 15 is 0 Å². The van der Waals surface area contributed by atoms with Crippen LogP contribution in [0.4, 0.5) is 0 Å². The van der Waals surface area contributed by atoms with Gasteiger partial charge in [-0.25, -0.2) is 0 Å². The van der Waals surface area contributed by atoms with E-state index in [1.165, 1.54) is 38.2 Å². The summed E-state index contributed by atoms with van der Waals surface area (Å²) in [7, 11) is 2.13. The Labute approximate surface area is 117 Å². The van der Waals surface area contributed by atoms with Crippen LogP contribution in [0.1, 0.15) is 16.1 Å². The molecule has 2 N–H and O–H groups in total. The van der Waals surface area contributed by atoms with Crippen molar-refractivity contribution in [2.24, 2.45) is 12.8 Å². The lowest BCUT2D eigenvalue weighted by molar-refractivity contribution is 0.919. The lowest BCUT2D eigenvalue weighted by Crippen LogP contribution is -1.97. The van der Waals surface area contributed by atoms with Crippen LogP contribution in [0.5, 0.6) is 0 Å². The van der Waals surface area contributed by atoms with Gasteiger partial charge in [0.05, 0.1) is 0 Å². The maximum atomic E-state index is 5.90. The average molecular weight is 270 g/mol. The maximum absolute atomic E-state index is 5.90. The minimum atomic E-state index is 0.600. The van der Waals surface area contributed by atoms with Gasteiger partial charge in [0.25, 0.3) is 0 Å². The lowest BCUT2D eigenvalue weighted by Gasteiger charge is -2.06. The average Bonchev–Trinajstić information content (AvgIpc) is 2.90. The molecule has 3 heteroatoms. The highest BCUT2D eigenvalue weighted by molar-refractivity contribution is 7.10. The number of benzene rings is 1. The number of thiophene rings is 1. The van der Waals surface area contributed by atoms with Gasteiger partial charge in [-0.3, -0.25) is 0 Å². The lowest BCUT2D eigenvalue weighted by atomic mass is 9.99. The summed E-state index contributed by atoms with van der Waals surface area (Å²) in [5.41, 5.74) is 12.4. The molecule has 0 aliphatic rings. The summed E-state index contributed by atoms with van der Waals surface area (Å²) in [5.74, 6) is 0. The van der Waals surface area contributed by atoms with Crippen molar-refractivity contribution in [1.82, 2.24) is 4.57 Å². The Morgan fingerprint density at radius 1 is 1.16 bits per heavy atom. The Balaban J connectivity index is 2.43. The van der Waals surface area contributed by atoms with Gasteiger partial charge in [-0.2, -0.15) is 0 Å². The van der Waals surface area contributed by atoms with E-state index in [1.807, 2.05) is 0 Å². The molecule has 0 aliphatic heterocycles. The molecule has 0 radical (unpaired) electrons. The van der Waals surface area contributed by atoms with Gasteiger partial charge in [0.15, 0.2) is 0 Å². The molecule has 0 saturated carbocycles. The predicted octanol–water partition coefficient (Wildman–Crippen LogP) is 3.98. The smallest absolute Gasteiger partial charge is 0.0486 e. The fourth-order valence-electron chi connectivity index (χ4n) is 2.83. The highest BCUT2D eigenvalue weighted by Crippen LogP contribution is 2.39. The fourth-order valence-corrected chi connectivity index (χ4v) is 3.71. The molecule has 1 aromatic carbocycles. The molecule has 0 atom stereocenters. The molecule has 2 aromatic heterocycles. The van der Waals surface area contributed by atoms with Crippen LogP contribution in [0.15, 0.2) is 29.6 Å². The van der Waals surface area contributed by atoms with Gasteiger partial charge in [-0.05, 0) is 30.9 Å². The van der Waals surface area contributed by atoms with Crippen molar-refractivity contribution in [3.8, 4) is 11.1 Å². The van der Waals surface area contributed by atoms with Crippen LogP contribution in [-0.2, 0) is 13.6 Å². The van der Waals surface area contributed by atoms with Crippen LogP contribution in [0.3, 0.4) is 0 Å². The van der Waals surface area contributed by atoms with Gasteiger partial charge in [0.1, 0.15) is 0 Å². The molecule has 0 fully saturated rings. The molecule has 0 aliphatic carbocycles. The van der Waals surface area contributed by atoms with Crippen molar-refractivity contribution in [3.63, 3.8) is 0 Å². The van der Waals surface area contributed by atoms with Crippen LogP contribution >= 0.6 is 11.3 Å². The minimum Gasteiger partial charge on any atom is -0.347 e. The first-order chi connectivity index (χ1) is 9.15. The summed E-state index contributed by atoms with van der Waals surface area (Å²) in [5, 5.41) is 3.50. The summed E-state index contributed by atoms with van der Waals surface area (Å²) >= 11 is 1.79. The zero-order valence-electron chi connectivity index (χ0n) is 11.5. The van der Waals surface area contributed by atoms with Crippen LogP contribution < -0.4 is 5.73 Å². The Hall–Kier alpha value is -1.58. The predicted molar refractivity (Wildman–Crippen MR) is 83.6 cm³/mol. The van der Waals surface area contributed by atoms with Crippen molar-refractivity contribution in [2.75, 3.05) is 0 Å². The van der Waals surface area contributed by atoms with E-state index in [0.717, 1.165) is 0 Å². The van der Waals surface area contributed by atoms with Gasteiger partial charge < -0.3 is 10.3 Å². The Bertz CT molecular complexity index is 750. The van der Waals surface area contributed by atoms with Crippen molar-refractivity contribution >= 4 is 22.2 Å². The number of nitrogens with two attached hydrogens (primary N) is 1. The highest BCUT2D eigenvalue weighted by Gasteiger charge is 2.18. The quantitative estimate of drug-likeness (QED) is 0.750. The molecule has 98 valence electrons. The van der Waals surface area contributed by atoms with Crippen LogP contribution in [0.25, 0.3) is 22.0 Å². The van der Waals surface area contributed by atoms with Gasteiger partial charge in [-0.1, -0.05) is 18.2 Å². The molecule has 0 bridgehead atoms. The van der Waals surface area contributed by atoms with E-state index < -0.39 is 0 Å². The summed E-state index contributed by atoms with van der Waals surface area (Å²) in [6.45, 7) is 4.97. The highest BCUT2D eigenvalue weighted by atomic mass is 32.1. The van der Waals surface area contributed by atoms with E-state index in [2.05, 4.69) is 55.1 Å². The third-order valence-electron chi connectivity index (χ3n) is 3.92. The third-order valence-corrected chi connectivity index (χ3v) is 4.88. The second-order valence-corrected chi connectivity index (χ2v) is 6.02. The molecule has 0 spiro atoms. The van der Waals surface area contributed by atoms with Gasteiger partial charge >= 0.3 is 0 Å². The second kappa shape index (κ2) is 4.51. The number of aromatic nitrogens is 1. The summed E-state index contributed by atoms with van der Waals surface area (Å²) in [6.07, 6.45) is 0. The Morgan fingerprint density at radius 3 is 2.63 bits per heavy atom.